The van der Waals surface area contributed by atoms with Crippen molar-refractivity contribution in [2.75, 3.05) is 0 Å². The molecule has 3 nitrogen and oxygen atoms in total. The van der Waals surface area contributed by atoms with Gasteiger partial charge in [0.05, 0.1) is 12.7 Å². The highest BCUT2D eigenvalue weighted by atomic mass is 35.5. The van der Waals surface area contributed by atoms with Gasteiger partial charge in [-0.05, 0) is 30.5 Å². The molecule has 112 valence electrons. The quantitative estimate of drug-likeness (QED) is 0.880. The van der Waals surface area contributed by atoms with E-state index in [1.54, 1.807) is 18.2 Å². The van der Waals surface area contributed by atoms with E-state index in [1.165, 1.54) is 10.9 Å². The van der Waals surface area contributed by atoms with Crippen molar-refractivity contribution in [1.82, 2.24) is 15.1 Å². The van der Waals surface area contributed by atoms with Crippen molar-refractivity contribution in [2.45, 2.75) is 38.4 Å². The molecule has 1 saturated carbocycles. The lowest BCUT2D eigenvalue weighted by molar-refractivity contribution is 0.138. The molecule has 1 aliphatic rings. The lowest BCUT2D eigenvalue weighted by Gasteiger charge is -2.10. The fraction of sp³-hybridized carbons (Fsp3) is 0.400. The van der Waals surface area contributed by atoms with E-state index in [0.717, 1.165) is 18.4 Å². The van der Waals surface area contributed by atoms with Crippen LogP contribution in [0.3, 0.4) is 0 Å². The van der Waals surface area contributed by atoms with Gasteiger partial charge in [-0.25, -0.2) is 8.78 Å². The van der Waals surface area contributed by atoms with Crippen LogP contribution in [-0.2, 0) is 13.1 Å². The first-order valence-electron chi connectivity index (χ1n) is 6.94. The number of rotatable bonds is 6. The molecule has 3 rings (SSSR count). The molecule has 0 aliphatic heterocycles. The monoisotopic (exact) mass is 311 g/mol. The number of aromatic nitrogens is 2. The molecule has 1 fully saturated rings. The van der Waals surface area contributed by atoms with E-state index in [1.807, 2.05) is 6.07 Å². The Hall–Kier alpha value is -1.46. The third kappa shape index (κ3) is 3.60. The van der Waals surface area contributed by atoms with E-state index < -0.39 is 6.43 Å². The summed E-state index contributed by atoms with van der Waals surface area (Å²) in [4.78, 5) is 0. The summed E-state index contributed by atoms with van der Waals surface area (Å²) in [6.07, 6.45) is 1.24. The second-order valence-corrected chi connectivity index (χ2v) is 5.73. The van der Waals surface area contributed by atoms with Crippen LogP contribution in [0.5, 0.6) is 0 Å². The van der Waals surface area contributed by atoms with Gasteiger partial charge in [0.2, 0.25) is 0 Å². The minimum atomic E-state index is -2.54. The lowest BCUT2D eigenvalue weighted by Crippen LogP contribution is -2.17. The van der Waals surface area contributed by atoms with Gasteiger partial charge in [-0.2, -0.15) is 5.10 Å². The maximum atomic E-state index is 13.3. The van der Waals surface area contributed by atoms with Crippen molar-refractivity contribution >= 4 is 11.6 Å². The largest absolute Gasteiger partial charge is 0.310 e. The van der Waals surface area contributed by atoms with Crippen LogP contribution >= 0.6 is 11.6 Å². The molecule has 0 atom stereocenters. The van der Waals surface area contributed by atoms with E-state index in [-0.39, 0.29) is 5.69 Å². The van der Waals surface area contributed by atoms with Gasteiger partial charge in [-0.1, -0.05) is 23.7 Å². The van der Waals surface area contributed by atoms with Crippen molar-refractivity contribution < 1.29 is 8.78 Å². The van der Waals surface area contributed by atoms with Crippen molar-refractivity contribution in [3.05, 3.63) is 52.3 Å². The van der Waals surface area contributed by atoms with Crippen LogP contribution in [0.1, 0.15) is 36.1 Å². The Kier molecular flexibility index (Phi) is 4.22. The molecule has 6 heteroatoms. The molecule has 21 heavy (non-hydrogen) atoms. The van der Waals surface area contributed by atoms with E-state index in [4.69, 9.17) is 11.6 Å². The summed E-state index contributed by atoms with van der Waals surface area (Å²) in [5.74, 6) is 0. The Bertz CT molecular complexity index is 623. The van der Waals surface area contributed by atoms with E-state index in [9.17, 15) is 8.78 Å². The topological polar surface area (TPSA) is 29.9 Å². The molecule has 1 aromatic heterocycles. The normalized spacial score (nSPS) is 14.9. The Labute approximate surface area is 126 Å². The number of hydrogen-bond donors (Lipinski definition) is 1. The molecule has 1 N–H and O–H groups in total. The van der Waals surface area contributed by atoms with Crippen molar-refractivity contribution in [1.29, 1.82) is 0 Å². The summed E-state index contributed by atoms with van der Waals surface area (Å²) >= 11 is 5.92. The summed E-state index contributed by atoms with van der Waals surface area (Å²) in [6.45, 7) is 0.740. The summed E-state index contributed by atoms with van der Waals surface area (Å²) < 4.78 is 28.0. The van der Waals surface area contributed by atoms with E-state index >= 15 is 0 Å². The van der Waals surface area contributed by atoms with Gasteiger partial charge in [-0.3, -0.25) is 4.68 Å². The minimum Gasteiger partial charge on any atom is -0.310 e. The predicted molar refractivity (Wildman–Crippen MR) is 77.6 cm³/mol. The van der Waals surface area contributed by atoms with E-state index in [2.05, 4.69) is 10.4 Å². The zero-order valence-corrected chi connectivity index (χ0v) is 12.2. The third-order valence-corrected chi connectivity index (χ3v) is 3.78. The smallest absolute Gasteiger partial charge is 0.280 e. The molecule has 1 heterocycles. The molecule has 0 radical (unpaired) electrons. The van der Waals surface area contributed by atoms with Crippen LogP contribution in [0.25, 0.3) is 0 Å². The molecule has 2 aromatic rings. The van der Waals surface area contributed by atoms with Gasteiger partial charge < -0.3 is 5.32 Å². The summed E-state index contributed by atoms with van der Waals surface area (Å²) in [7, 11) is 0. The second-order valence-electron chi connectivity index (χ2n) is 5.30. The molecule has 0 unspecified atom stereocenters. The minimum absolute atomic E-state index is 0.0110. The number of nitrogens with one attached hydrogen (secondary N) is 1. The number of benzene rings is 1. The predicted octanol–water partition coefficient (Wildman–Crippen LogP) is 3.77. The zero-order valence-electron chi connectivity index (χ0n) is 11.4. The molecular formula is C15H16ClF2N3. The first-order valence-corrected chi connectivity index (χ1v) is 7.32. The molecule has 0 amide bonds. The second kappa shape index (κ2) is 6.12. The summed E-state index contributed by atoms with van der Waals surface area (Å²) in [6, 6.07) is 7.66. The Morgan fingerprint density at radius 3 is 2.86 bits per heavy atom. The van der Waals surface area contributed by atoms with Crippen LogP contribution in [0, 0.1) is 0 Å². The number of alkyl halides is 2. The maximum Gasteiger partial charge on any atom is 0.280 e. The van der Waals surface area contributed by atoms with Crippen molar-refractivity contribution in [3.8, 4) is 0 Å². The molecule has 0 bridgehead atoms. The highest BCUT2D eigenvalue weighted by Crippen LogP contribution is 2.26. The standard InChI is InChI=1S/C15H16ClF2N3/c16-12-3-1-2-10(6-12)9-21-14(15(17)18)11(8-20-21)7-19-13-4-5-13/h1-3,6,8,13,15,19H,4-5,7,9H2. The van der Waals surface area contributed by atoms with Crippen molar-refractivity contribution in [3.63, 3.8) is 0 Å². The average Bonchev–Trinajstić information content (AvgIpc) is 3.17. The van der Waals surface area contributed by atoms with E-state index in [0.29, 0.717) is 29.7 Å². The Morgan fingerprint density at radius 2 is 2.19 bits per heavy atom. The van der Waals surface area contributed by atoms with Crippen LogP contribution in [0.2, 0.25) is 5.02 Å². The van der Waals surface area contributed by atoms with Gasteiger partial charge in [0, 0.05) is 23.2 Å². The maximum absolute atomic E-state index is 13.3. The molecule has 1 aromatic carbocycles. The molecular weight excluding hydrogens is 296 g/mol. The molecule has 0 saturated heterocycles. The lowest BCUT2D eigenvalue weighted by atomic mass is 10.2. The number of hydrogen-bond acceptors (Lipinski definition) is 2. The van der Waals surface area contributed by atoms with Gasteiger partial charge in [0.25, 0.3) is 6.43 Å². The Balaban J connectivity index is 1.80. The van der Waals surface area contributed by atoms with Gasteiger partial charge in [0.1, 0.15) is 5.69 Å². The SMILES string of the molecule is FC(F)c1c(CNC2CC2)cnn1Cc1cccc(Cl)c1. The van der Waals surface area contributed by atoms with Crippen molar-refractivity contribution in [2.24, 2.45) is 0 Å². The van der Waals surface area contributed by atoms with Gasteiger partial charge in [0.15, 0.2) is 0 Å². The van der Waals surface area contributed by atoms with Crippen LogP contribution in [-0.4, -0.2) is 15.8 Å². The molecule has 0 spiro atoms. The average molecular weight is 312 g/mol. The highest BCUT2D eigenvalue weighted by Gasteiger charge is 2.24. The fourth-order valence-corrected chi connectivity index (χ4v) is 2.51. The van der Waals surface area contributed by atoms with Crippen LogP contribution in [0.15, 0.2) is 30.5 Å². The first kappa shape index (κ1) is 14.5. The number of halogens is 3. The van der Waals surface area contributed by atoms with Crippen LogP contribution < -0.4 is 5.32 Å². The summed E-state index contributed by atoms with van der Waals surface area (Å²) in [5, 5.41) is 7.95. The highest BCUT2D eigenvalue weighted by molar-refractivity contribution is 6.30. The Morgan fingerprint density at radius 1 is 1.38 bits per heavy atom. The first-order chi connectivity index (χ1) is 10.1. The van der Waals surface area contributed by atoms with Gasteiger partial charge in [-0.15, -0.1) is 0 Å². The zero-order chi connectivity index (χ0) is 14.8. The molecule has 1 aliphatic carbocycles. The third-order valence-electron chi connectivity index (χ3n) is 3.55. The fourth-order valence-electron chi connectivity index (χ4n) is 2.30. The van der Waals surface area contributed by atoms with Gasteiger partial charge >= 0.3 is 0 Å². The summed E-state index contributed by atoms with van der Waals surface area (Å²) in [5.41, 5.74) is 1.41. The van der Waals surface area contributed by atoms with Crippen LogP contribution in [0.4, 0.5) is 8.78 Å². The number of nitrogens with zero attached hydrogens (tertiary/aromatic N) is 2.